The van der Waals surface area contributed by atoms with Crippen molar-refractivity contribution in [2.45, 2.75) is 16.6 Å². The highest BCUT2D eigenvalue weighted by Crippen LogP contribution is 2.42. The van der Waals surface area contributed by atoms with E-state index < -0.39 is 67.3 Å². The van der Waals surface area contributed by atoms with Crippen LogP contribution in [0.4, 0.5) is 32.2 Å². The van der Waals surface area contributed by atoms with E-state index in [-0.39, 0.29) is 0 Å². The van der Waals surface area contributed by atoms with Gasteiger partial charge in [0.1, 0.15) is 29.7 Å². The number of aromatic nitrogens is 2. The molecule has 0 aliphatic rings. The minimum atomic E-state index is -5.29. The van der Waals surface area contributed by atoms with E-state index in [1.807, 2.05) is 5.32 Å². The van der Waals surface area contributed by atoms with Crippen LogP contribution in [0.1, 0.15) is 11.3 Å². The maximum Gasteiger partial charge on any atom is 0.578 e. The first kappa shape index (κ1) is 22.4. The Hall–Kier alpha value is -1.85. The molecule has 0 amide bonds. The molecule has 0 saturated carbocycles. The van der Waals surface area contributed by atoms with E-state index in [2.05, 4.69) is 5.10 Å². The number of hydrogen-bond donors (Lipinski definition) is 2. The first-order chi connectivity index (χ1) is 12.8. The molecular formula is C13H6Cl2F6N4O2S. The van der Waals surface area contributed by atoms with Crippen LogP contribution in [0.2, 0.25) is 10.0 Å². The second-order valence-corrected chi connectivity index (χ2v) is 7.11. The fourth-order valence-corrected chi connectivity index (χ4v) is 3.57. The van der Waals surface area contributed by atoms with E-state index in [9.17, 15) is 30.9 Å². The zero-order chi connectivity index (χ0) is 21.4. The van der Waals surface area contributed by atoms with E-state index in [1.165, 1.54) is 6.07 Å². The van der Waals surface area contributed by atoms with Crippen LogP contribution in [0.3, 0.4) is 0 Å². The molecule has 1 unspecified atom stereocenters. The number of nitriles is 1. The van der Waals surface area contributed by atoms with Crippen molar-refractivity contribution >= 4 is 40.2 Å². The molecule has 0 spiro atoms. The summed E-state index contributed by atoms with van der Waals surface area (Å²) >= 11 is 7.85. The van der Waals surface area contributed by atoms with Gasteiger partial charge in [0.15, 0.2) is 5.82 Å². The second-order valence-electron chi connectivity index (χ2n) is 4.89. The van der Waals surface area contributed by atoms with Gasteiger partial charge in [0.25, 0.3) is 0 Å². The maximum absolute atomic E-state index is 12.9. The van der Waals surface area contributed by atoms with Gasteiger partial charge in [-0.3, -0.25) is 0 Å². The van der Waals surface area contributed by atoms with E-state index in [0.717, 1.165) is 0 Å². The van der Waals surface area contributed by atoms with Gasteiger partial charge in [-0.1, -0.05) is 23.2 Å². The summed E-state index contributed by atoms with van der Waals surface area (Å²) in [5.41, 5.74) is -8.01. The van der Waals surface area contributed by atoms with E-state index in [4.69, 9.17) is 33.6 Å². The van der Waals surface area contributed by atoms with Gasteiger partial charge in [0, 0.05) is 0 Å². The van der Waals surface area contributed by atoms with Crippen molar-refractivity contribution in [1.29, 1.82) is 5.26 Å². The molecule has 0 saturated heterocycles. The van der Waals surface area contributed by atoms with Crippen LogP contribution < -0.4 is 5.32 Å². The molecule has 1 heterocycles. The normalized spacial score (nSPS) is 13.3. The number of hydrogen-bond acceptors (Lipinski definition) is 5. The number of aliphatic hydroxyl groups excluding tert-OH is 1. The Bertz CT molecular complexity index is 918. The highest BCUT2D eigenvalue weighted by Gasteiger charge is 2.50. The fraction of sp³-hybridized carbons (Fsp3) is 0.231. The smallest absolute Gasteiger partial charge is 0.578 e. The van der Waals surface area contributed by atoms with Gasteiger partial charge < -0.3 is 15.0 Å². The summed E-state index contributed by atoms with van der Waals surface area (Å²) in [6.45, 7) is -0.992. The Morgan fingerprint density at radius 3 is 2.14 bits per heavy atom. The third-order valence-electron chi connectivity index (χ3n) is 3.15. The van der Waals surface area contributed by atoms with Crippen molar-refractivity contribution in [3.63, 3.8) is 0 Å². The highest BCUT2D eigenvalue weighted by molar-refractivity contribution is 7.92. The largest absolute Gasteiger partial charge is 0.604 e. The lowest BCUT2D eigenvalue weighted by Gasteiger charge is -2.16. The van der Waals surface area contributed by atoms with Crippen molar-refractivity contribution < 1.29 is 36.0 Å². The van der Waals surface area contributed by atoms with Crippen LogP contribution in [0.25, 0.3) is 5.69 Å². The molecule has 2 N–H and O–H groups in total. The predicted molar refractivity (Wildman–Crippen MR) is 86.5 cm³/mol. The average molecular weight is 467 g/mol. The molecule has 2 aromatic rings. The first-order valence-electron chi connectivity index (χ1n) is 6.76. The number of halogens is 8. The van der Waals surface area contributed by atoms with Crippen LogP contribution in [0.15, 0.2) is 17.0 Å². The molecule has 0 fully saturated rings. The first-order valence-corrected chi connectivity index (χ1v) is 8.66. The lowest BCUT2D eigenvalue weighted by atomic mass is 10.2. The molecule has 1 aromatic heterocycles. The molecule has 152 valence electrons. The van der Waals surface area contributed by atoms with Gasteiger partial charge in [0.2, 0.25) is 10.6 Å². The average Bonchev–Trinajstić information content (AvgIpc) is 2.90. The molecule has 0 bridgehead atoms. The Kier molecular flexibility index (Phi) is 6.31. The van der Waals surface area contributed by atoms with Crippen LogP contribution in [0, 0.1) is 11.3 Å². The second kappa shape index (κ2) is 7.88. The summed E-state index contributed by atoms with van der Waals surface area (Å²) in [6, 6.07) is 2.19. The maximum atomic E-state index is 12.9. The van der Waals surface area contributed by atoms with Gasteiger partial charge >= 0.3 is 11.7 Å². The van der Waals surface area contributed by atoms with Crippen molar-refractivity contribution in [3.05, 3.63) is 33.4 Å². The number of benzene rings is 1. The fourth-order valence-electron chi connectivity index (χ4n) is 2.09. The zero-order valence-electron chi connectivity index (χ0n) is 13.0. The van der Waals surface area contributed by atoms with E-state index >= 15 is 0 Å². The lowest BCUT2D eigenvalue weighted by Crippen LogP contribution is -2.25. The monoisotopic (exact) mass is 466 g/mol. The van der Waals surface area contributed by atoms with Crippen molar-refractivity contribution in [2.75, 3.05) is 12.0 Å². The number of nitrogens with zero attached hydrogens (tertiary/aromatic N) is 3. The molecule has 0 radical (unpaired) electrons. The lowest BCUT2D eigenvalue weighted by molar-refractivity contribution is -0.137. The quantitative estimate of drug-likeness (QED) is 0.402. The predicted octanol–water partition coefficient (Wildman–Crippen LogP) is 4.06. The van der Waals surface area contributed by atoms with E-state index in [0.29, 0.717) is 16.8 Å². The van der Waals surface area contributed by atoms with Crippen molar-refractivity contribution in [3.8, 4) is 11.8 Å². The third kappa shape index (κ3) is 4.26. The van der Waals surface area contributed by atoms with Gasteiger partial charge in [-0.2, -0.15) is 18.4 Å². The molecule has 28 heavy (non-hydrogen) atoms. The highest BCUT2D eigenvalue weighted by atomic mass is 35.5. The number of rotatable bonds is 4. The molecule has 1 atom stereocenters. The minimum Gasteiger partial charge on any atom is -0.604 e. The summed E-state index contributed by atoms with van der Waals surface area (Å²) in [5, 5.41) is 22.3. The van der Waals surface area contributed by atoms with E-state index in [1.54, 1.807) is 0 Å². The van der Waals surface area contributed by atoms with Gasteiger partial charge in [-0.15, -0.1) is 18.3 Å². The Labute approximate surface area is 165 Å². The molecule has 6 nitrogen and oxygen atoms in total. The minimum absolute atomic E-state index is 0.444. The summed E-state index contributed by atoms with van der Waals surface area (Å²) in [7, 11) is 0. The van der Waals surface area contributed by atoms with Crippen LogP contribution in [0.5, 0.6) is 0 Å². The zero-order valence-corrected chi connectivity index (χ0v) is 15.3. The standard InChI is InChI=1S/C13H6Cl2F6N4O2S/c14-6-1-5(12(16,17)18)2-7(15)9(6)25-11(23-4-26)10(8(3-22)24-25)28(27)13(19,20)21/h1-2,23,26H,4H2. The van der Waals surface area contributed by atoms with Gasteiger partial charge in [-0.05, 0) is 12.1 Å². The molecule has 0 aliphatic carbocycles. The van der Waals surface area contributed by atoms with Gasteiger partial charge in [0.05, 0.1) is 15.6 Å². The molecule has 2 rings (SSSR count). The van der Waals surface area contributed by atoms with Crippen molar-refractivity contribution in [1.82, 2.24) is 9.78 Å². The summed E-state index contributed by atoms with van der Waals surface area (Å²) in [6.07, 6.45) is -4.82. The van der Waals surface area contributed by atoms with Crippen molar-refractivity contribution in [2.24, 2.45) is 0 Å². The Balaban J connectivity index is 2.81. The topological polar surface area (TPSA) is 96.9 Å². The number of anilines is 1. The molecule has 1 aromatic carbocycles. The van der Waals surface area contributed by atoms with Crippen LogP contribution in [-0.2, 0) is 17.4 Å². The summed E-state index contributed by atoms with van der Waals surface area (Å²) < 4.78 is 89.5. The number of aliphatic hydroxyl groups is 1. The molecular weight excluding hydrogens is 461 g/mol. The Morgan fingerprint density at radius 2 is 1.75 bits per heavy atom. The summed E-state index contributed by atoms with van der Waals surface area (Å²) in [4.78, 5) is -1.14. The SMILES string of the molecule is N#Cc1nn(-c2c(Cl)cc(C(F)(F)F)cc2Cl)c(NCO)c1[S+]([O-])C(F)(F)F. The molecule has 15 heteroatoms. The Morgan fingerprint density at radius 1 is 1.21 bits per heavy atom. The third-order valence-corrected chi connectivity index (χ3v) is 4.90. The number of nitrogens with one attached hydrogen (secondary N) is 1. The van der Waals surface area contributed by atoms with Crippen LogP contribution in [-0.4, -0.2) is 31.7 Å². The molecule has 0 aliphatic heterocycles. The summed E-state index contributed by atoms with van der Waals surface area (Å²) in [5.74, 6) is -0.779. The van der Waals surface area contributed by atoms with Crippen LogP contribution >= 0.6 is 23.2 Å². The number of alkyl halides is 6. The van der Waals surface area contributed by atoms with Gasteiger partial charge in [-0.25, -0.2) is 4.68 Å².